The number of fused-ring (bicyclic) bond motifs is 7. The molecule has 4 unspecified atom stereocenters. The number of hydrogen-bond donors (Lipinski definition) is 2. The summed E-state index contributed by atoms with van der Waals surface area (Å²) in [5.41, 5.74) is 3.78. The van der Waals surface area contributed by atoms with Crippen LogP contribution in [-0.4, -0.2) is 22.2 Å². The second kappa shape index (κ2) is 18.9. The van der Waals surface area contributed by atoms with Gasteiger partial charge < -0.3 is 10.2 Å². The third kappa shape index (κ3) is 8.00. The molecule has 4 fully saturated rings. The lowest BCUT2D eigenvalue weighted by Crippen LogP contribution is -2.61. The predicted octanol–water partition coefficient (Wildman–Crippen LogP) is 11.3. The Kier molecular flexibility index (Phi) is 16.6. The van der Waals surface area contributed by atoms with Crippen LogP contribution in [0.2, 0.25) is 0 Å². The molecule has 0 aliphatic heterocycles. The Hall–Kier alpha value is -3.94. The van der Waals surface area contributed by atoms with E-state index in [1.807, 2.05) is 32.9 Å². The molecule has 6 rings (SSSR count). The highest BCUT2D eigenvalue weighted by Gasteiger charge is 2.66. The summed E-state index contributed by atoms with van der Waals surface area (Å²) in [6, 6.07) is 8.38. The lowest BCUT2D eigenvalue weighted by molar-refractivity contribution is -0.187. The number of allylic oxidation sites excluding steroid dienone is 3. The minimum atomic E-state index is -0.925. The molecular formula is C46H64O4. The third-order valence-electron chi connectivity index (χ3n) is 13.2. The summed E-state index contributed by atoms with van der Waals surface area (Å²) >= 11 is 0. The molecule has 0 amide bonds. The Morgan fingerprint density at radius 2 is 1.36 bits per heavy atom. The molecule has 5 aliphatic carbocycles. The van der Waals surface area contributed by atoms with Crippen LogP contribution in [0.5, 0.6) is 0 Å². The van der Waals surface area contributed by atoms with Crippen LogP contribution in [0, 0.1) is 89.8 Å². The second-order valence-corrected chi connectivity index (χ2v) is 15.2. The zero-order chi connectivity index (χ0) is 38.5. The van der Waals surface area contributed by atoms with Crippen molar-refractivity contribution in [2.75, 3.05) is 0 Å². The minimum Gasteiger partial charge on any atom is -0.481 e. The standard InChI is InChI=1S/C35H46O4.C3H6.C2H6.3C2H2/c1-32(2)25(23-10-7-22(8-11-23)9-14-30(36)37)15-19-34(4)28(32)17-20-33(3)26-16-21-35(31(38)39)18-5-6-27(35)24(26)12-13-29(33)34;1-3-2;4*1-2/h7-11,14-15,24,26-29H,5-6,12-13,16-21H2,1-4H3,(H,36,37)(H,38,39);3H,1H2,2H3;1-2H3;3*1-2H/b14-9+;;;;;/t24-,26?,27?,28?,29?,33-,34-,35-;;;;;/m0...../s1. The predicted molar refractivity (Wildman–Crippen MR) is 212 cm³/mol. The van der Waals surface area contributed by atoms with Crippen molar-refractivity contribution in [1.82, 2.24) is 0 Å². The normalized spacial score (nSPS) is 33.7. The molecule has 0 spiro atoms. The van der Waals surface area contributed by atoms with Crippen LogP contribution in [0.1, 0.15) is 124 Å². The maximum absolute atomic E-state index is 12.5. The molecule has 2 N–H and O–H groups in total. The van der Waals surface area contributed by atoms with Crippen molar-refractivity contribution < 1.29 is 19.8 Å². The van der Waals surface area contributed by atoms with Gasteiger partial charge in [0, 0.05) is 6.08 Å². The largest absolute Gasteiger partial charge is 0.481 e. The van der Waals surface area contributed by atoms with E-state index in [9.17, 15) is 14.7 Å². The summed E-state index contributed by atoms with van der Waals surface area (Å²) in [5.74, 6) is 1.51. The van der Waals surface area contributed by atoms with Gasteiger partial charge in [-0.3, -0.25) is 4.79 Å². The van der Waals surface area contributed by atoms with Gasteiger partial charge in [-0.1, -0.05) is 84.4 Å². The van der Waals surface area contributed by atoms with Gasteiger partial charge in [0.15, 0.2) is 0 Å². The van der Waals surface area contributed by atoms with Gasteiger partial charge in [0.05, 0.1) is 5.41 Å². The van der Waals surface area contributed by atoms with Gasteiger partial charge in [0.25, 0.3) is 0 Å². The molecule has 5 aliphatic rings. The topological polar surface area (TPSA) is 74.6 Å². The van der Waals surface area contributed by atoms with Crippen molar-refractivity contribution in [2.45, 2.75) is 113 Å². The first-order valence-electron chi connectivity index (χ1n) is 18.4. The molecule has 0 heterocycles. The fourth-order valence-electron chi connectivity index (χ4n) is 11.6. The van der Waals surface area contributed by atoms with Crippen molar-refractivity contribution in [1.29, 1.82) is 0 Å². The quantitative estimate of drug-likeness (QED) is 0.189. The fourth-order valence-corrected chi connectivity index (χ4v) is 11.6. The summed E-state index contributed by atoms with van der Waals surface area (Å²) in [6.45, 7) is 19.4. The molecule has 8 atom stereocenters. The zero-order valence-electron chi connectivity index (χ0n) is 32.0. The van der Waals surface area contributed by atoms with Gasteiger partial charge in [-0.25, -0.2) is 4.79 Å². The van der Waals surface area contributed by atoms with Gasteiger partial charge in [-0.05, 0) is 133 Å². The number of terminal acetylenes is 3. The highest BCUT2D eigenvalue weighted by atomic mass is 16.4. The number of carbonyl (C=O) groups is 2. The Labute approximate surface area is 305 Å². The third-order valence-corrected chi connectivity index (χ3v) is 13.2. The molecule has 272 valence electrons. The number of benzene rings is 1. The zero-order valence-corrected chi connectivity index (χ0v) is 32.0. The van der Waals surface area contributed by atoms with Crippen LogP contribution in [0.15, 0.2) is 49.1 Å². The molecule has 4 saturated carbocycles. The van der Waals surface area contributed by atoms with E-state index in [0.717, 1.165) is 44.1 Å². The van der Waals surface area contributed by atoms with Crippen molar-refractivity contribution >= 4 is 23.6 Å². The molecule has 1 aromatic rings. The van der Waals surface area contributed by atoms with E-state index in [4.69, 9.17) is 5.11 Å². The molecule has 1 aromatic carbocycles. The molecule has 0 radical (unpaired) electrons. The summed E-state index contributed by atoms with van der Waals surface area (Å²) in [5, 5.41) is 19.2. The number of aliphatic carboxylic acids is 2. The fraction of sp³-hybridized carbons (Fsp3) is 0.565. The lowest BCUT2D eigenvalue weighted by atomic mass is 9.36. The number of carboxylic acid groups (broad SMARTS) is 2. The van der Waals surface area contributed by atoms with E-state index in [1.165, 1.54) is 42.9 Å². The van der Waals surface area contributed by atoms with E-state index in [0.29, 0.717) is 35.0 Å². The highest BCUT2D eigenvalue weighted by Crippen LogP contribution is 2.73. The average molecular weight is 681 g/mol. The van der Waals surface area contributed by atoms with Gasteiger partial charge >= 0.3 is 11.9 Å². The molecular weight excluding hydrogens is 617 g/mol. The average Bonchev–Trinajstić information content (AvgIpc) is 3.58. The Bertz CT molecular complexity index is 1390. The molecule has 4 heteroatoms. The Morgan fingerprint density at radius 1 is 0.780 bits per heavy atom. The van der Waals surface area contributed by atoms with Crippen LogP contribution in [-0.2, 0) is 9.59 Å². The van der Waals surface area contributed by atoms with Gasteiger partial charge in [0.1, 0.15) is 0 Å². The van der Waals surface area contributed by atoms with E-state index in [-0.39, 0.29) is 10.8 Å². The maximum Gasteiger partial charge on any atom is 0.328 e. The number of carboxylic acids is 2. The smallest absolute Gasteiger partial charge is 0.328 e. The van der Waals surface area contributed by atoms with E-state index >= 15 is 0 Å². The van der Waals surface area contributed by atoms with Crippen LogP contribution >= 0.6 is 0 Å². The lowest BCUT2D eigenvalue weighted by Gasteiger charge is -2.68. The SMILES string of the molecule is C#C.C#C.C#C.C=CC.CC.CC1(C)C(c2ccc(/C=C/C(=O)O)cc2)=CC[C@@]2(C)C1CC[C@@]1(C)C3CC[C@@]4(C(=O)O)CCCC4[C@H]3CCC12. The monoisotopic (exact) mass is 680 g/mol. The molecule has 0 saturated heterocycles. The van der Waals surface area contributed by atoms with Crippen LogP contribution in [0.25, 0.3) is 11.6 Å². The molecule has 0 aromatic heterocycles. The second-order valence-electron chi connectivity index (χ2n) is 15.2. The van der Waals surface area contributed by atoms with Gasteiger partial charge in [-0.15, -0.1) is 45.1 Å². The molecule has 4 nitrogen and oxygen atoms in total. The van der Waals surface area contributed by atoms with E-state index in [1.54, 1.807) is 12.2 Å². The number of rotatable bonds is 4. The summed E-state index contributed by atoms with van der Waals surface area (Å²) in [6.07, 6.45) is 42.3. The van der Waals surface area contributed by atoms with Crippen molar-refractivity contribution in [3.05, 3.63) is 60.2 Å². The summed E-state index contributed by atoms with van der Waals surface area (Å²) < 4.78 is 0. The van der Waals surface area contributed by atoms with Crippen molar-refractivity contribution in [3.63, 3.8) is 0 Å². The Morgan fingerprint density at radius 3 is 1.90 bits per heavy atom. The van der Waals surface area contributed by atoms with Gasteiger partial charge in [-0.2, -0.15) is 0 Å². The summed E-state index contributed by atoms with van der Waals surface area (Å²) in [4.78, 5) is 23.4. The number of hydrogen-bond acceptors (Lipinski definition) is 2. The summed E-state index contributed by atoms with van der Waals surface area (Å²) in [7, 11) is 0. The minimum absolute atomic E-state index is 0.0556. The maximum atomic E-state index is 12.5. The first-order chi connectivity index (χ1) is 23.8. The highest BCUT2D eigenvalue weighted by molar-refractivity contribution is 5.85. The van der Waals surface area contributed by atoms with Crippen LogP contribution in [0.3, 0.4) is 0 Å². The van der Waals surface area contributed by atoms with Crippen molar-refractivity contribution in [2.24, 2.45) is 51.2 Å². The Balaban J connectivity index is 0.00000103. The molecule has 50 heavy (non-hydrogen) atoms. The first kappa shape index (κ1) is 44.1. The van der Waals surface area contributed by atoms with E-state index in [2.05, 4.69) is 91.0 Å². The van der Waals surface area contributed by atoms with Crippen molar-refractivity contribution in [3.8, 4) is 38.5 Å². The van der Waals surface area contributed by atoms with E-state index < -0.39 is 17.4 Å². The molecule has 0 bridgehead atoms. The first-order valence-corrected chi connectivity index (χ1v) is 18.4. The van der Waals surface area contributed by atoms with Crippen LogP contribution < -0.4 is 0 Å². The van der Waals surface area contributed by atoms with Gasteiger partial charge in [0.2, 0.25) is 0 Å². The van der Waals surface area contributed by atoms with Crippen LogP contribution in [0.4, 0.5) is 0 Å².